The first-order chi connectivity index (χ1) is 14.0. The highest BCUT2D eigenvalue weighted by molar-refractivity contribution is 6.08. The number of amides is 2. The maximum atomic E-state index is 12.8. The average molecular weight is 390 g/mol. The number of imide groups is 1. The molecule has 2 fully saturated rings. The first-order valence-electron chi connectivity index (χ1n) is 9.51. The second-order valence-electron chi connectivity index (χ2n) is 7.61. The summed E-state index contributed by atoms with van der Waals surface area (Å²) in [5.74, 6) is -1.68. The van der Waals surface area contributed by atoms with E-state index in [2.05, 4.69) is 5.10 Å². The molecule has 29 heavy (non-hydrogen) atoms. The number of rotatable bonds is 5. The van der Waals surface area contributed by atoms with E-state index < -0.39 is 12.6 Å². The van der Waals surface area contributed by atoms with Crippen LogP contribution < -0.4 is 4.74 Å². The number of fused-ring (bicyclic) bond motifs is 6. The standard InChI is InChI=1S/C22H18N2O5/c25-18(26)11-29-17-8-7-12-3-1-2-4-15(12)16(17)10-23-24-21(27)19-13-5-6-14(9-13)20(19)22(24)28/h1-8,10,13-14,19-20H,9,11H2,(H,25,26). The van der Waals surface area contributed by atoms with Gasteiger partial charge >= 0.3 is 5.97 Å². The van der Waals surface area contributed by atoms with E-state index in [0.29, 0.717) is 11.3 Å². The third-order valence-corrected chi connectivity index (χ3v) is 6.03. The quantitative estimate of drug-likeness (QED) is 0.481. The molecule has 1 saturated heterocycles. The van der Waals surface area contributed by atoms with Gasteiger partial charge in [0.05, 0.1) is 18.1 Å². The zero-order valence-corrected chi connectivity index (χ0v) is 15.4. The van der Waals surface area contributed by atoms with Crippen molar-refractivity contribution in [3.8, 4) is 5.75 Å². The minimum atomic E-state index is -1.10. The molecule has 5 rings (SSSR count). The lowest BCUT2D eigenvalue weighted by atomic mass is 9.85. The molecule has 0 spiro atoms. The number of hydrogen-bond acceptors (Lipinski definition) is 5. The van der Waals surface area contributed by atoms with E-state index in [1.54, 1.807) is 6.07 Å². The molecule has 7 nitrogen and oxygen atoms in total. The molecule has 3 aliphatic rings. The fraction of sp³-hybridized carbons (Fsp3) is 0.273. The number of carbonyl (C=O) groups is 3. The first kappa shape index (κ1) is 17.6. The summed E-state index contributed by atoms with van der Waals surface area (Å²) in [6.07, 6.45) is 6.35. The normalized spacial score (nSPS) is 27.4. The third kappa shape index (κ3) is 2.73. The SMILES string of the molecule is O=C(O)COc1ccc2ccccc2c1C=NN1C(=O)C2C3C=CC(C3)C2C1=O. The van der Waals surface area contributed by atoms with Gasteiger partial charge in [0.2, 0.25) is 0 Å². The number of hydrazone groups is 1. The molecule has 4 unspecified atom stereocenters. The minimum Gasteiger partial charge on any atom is -0.481 e. The van der Waals surface area contributed by atoms with Gasteiger partial charge in [-0.15, -0.1) is 0 Å². The molecular formula is C22H18N2O5. The van der Waals surface area contributed by atoms with E-state index in [0.717, 1.165) is 22.2 Å². The van der Waals surface area contributed by atoms with Gasteiger partial charge in [-0.1, -0.05) is 42.5 Å². The van der Waals surface area contributed by atoms with Crippen LogP contribution in [0.15, 0.2) is 53.7 Å². The summed E-state index contributed by atoms with van der Waals surface area (Å²) in [4.78, 5) is 36.6. The Balaban J connectivity index is 1.50. The van der Waals surface area contributed by atoms with Crippen LogP contribution in [0, 0.1) is 23.7 Å². The van der Waals surface area contributed by atoms with Crippen LogP contribution in [0.3, 0.4) is 0 Å². The molecule has 1 N–H and O–H groups in total. The van der Waals surface area contributed by atoms with E-state index in [1.165, 1.54) is 6.21 Å². The molecular weight excluding hydrogens is 372 g/mol. The van der Waals surface area contributed by atoms with Crippen molar-refractivity contribution in [2.45, 2.75) is 6.42 Å². The highest BCUT2D eigenvalue weighted by Gasteiger charge is 2.59. The molecule has 2 aromatic rings. The summed E-state index contributed by atoms with van der Waals surface area (Å²) in [7, 11) is 0. The van der Waals surface area contributed by atoms with E-state index in [-0.39, 0.29) is 35.5 Å². The minimum absolute atomic E-state index is 0.119. The van der Waals surface area contributed by atoms with Crippen LogP contribution in [-0.4, -0.2) is 40.7 Å². The summed E-state index contributed by atoms with van der Waals surface area (Å²) in [6.45, 7) is -0.500. The molecule has 1 aliphatic heterocycles. The highest BCUT2D eigenvalue weighted by atomic mass is 16.5. The Morgan fingerprint density at radius 1 is 1.10 bits per heavy atom. The molecule has 7 heteroatoms. The Bertz CT molecular complexity index is 1080. The largest absolute Gasteiger partial charge is 0.481 e. The van der Waals surface area contributed by atoms with Crippen molar-refractivity contribution in [2.24, 2.45) is 28.8 Å². The molecule has 4 atom stereocenters. The van der Waals surface area contributed by atoms with Gasteiger partial charge in [-0.05, 0) is 35.1 Å². The van der Waals surface area contributed by atoms with Gasteiger partial charge in [0.1, 0.15) is 5.75 Å². The van der Waals surface area contributed by atoms with Crippen LogP contribution in [-0.2, 0) is 14.4 Å². The van der Waals surface area contributed by atoms with Crippen molar-refractivity contribution in [1.82, 2.24) is 5.01 Å². The molecule has 146 valence electrons. The summed E-state index contributed by atoms with van der Waals surface area (Å²) in [6, 6.07) is 11.0. The first-order valence-corrected chi connectivity index (χ1v) is 9.51. The number of benzene rings is 2. The Kier molecular flexibility index (Phi) is 3.97. The molecule has 2 bridgehead atoms. The van der Waals surface area contributed by atoms with E-state index >= 15 is 0 Å². The van der Waals surface area contributed by atoms with Gasteiger partial charge in [-0.3, -0.25) is 9.59 Å². The molecule has 1 saturated carbocycles. The monoisotopic (exact) mass is 390 g/mol. The second-order valence-corrected chi connectivity index (χ2v) is 7.61. The second kappa shape index (κ2) is 6.55. The van der Waals surface area contributed by atoms with Crippen LogP contribution in [0.2, 0.25) is 0 Å². The van der Waals surface area contributed by atoms with Crippen LogP contribution in [0.4, 0.5) is 0 Å². The average Bonchev–Trinajstić information content (AvgIpc) is 3.39. The zero-order valence-electron chi connectivity index (χ0n) is 15.4. The van der Waals surface area contributed by atoms with Crippen molar-refractivity contribution in [1.29, 1.82) is 0 Å². The predicted molar refractivity (Wildman–Crippen MR) is 104 cm³/mol. The zero-order chi connectivity index (χ0) is 20.1. The number of hydrogen-bond donors (Lipinski definition) is 1. The number of carboxylic acid groups (broad SMARTS) is 1. The molecule has 2 amide bonds. The van der Waals surface area contributed by atoms with Crippen molar-refractivity contribution in [3.63, 3.8) is 0 Å². The third-order valence-electron chi connectivity index (χ3n) is 6.03. The van der Waals surface area contributed by atoms with Crippen LogP contribution in [0.25, 0.3) is 10.8 Å². The van der Waals surface area contributed by atoms with Crippen LogP contribution in [0.1, 0.15) is 12.0 Å². The van der Waals surface area contributed by atoms with Crippen molar-refractivity contribution < 1.29 is 24.2 Å². The van der Waals surface area contributed by atoms with E-state index in [9.17, 15) is 14.4 Å². The van der Waals surface area contributed by atoms with Gasteiger partial charge in [-0.25, -0.2) is 4.79 Å². The lowest BCUT2D eigenvalue weighted by molar-refractivity contribution is -0.141. The topological polar surface area (TPSA) is 96.3 Å². The number of aliphatic carboxylic acids is 1. The summed E-state index contributed by atoms with van der Waals surface area (Å²) < 4.78 is 5.41. The smallest absolute Gasteiger partial charge is 0.341 e. The van der Waals surface area contributed by atoms with Crippen LogP contribution in [0.5, 0.6) is 5.75 Å². The van der Waals surface area contributed by atoms with Gasteiger partial charge in [0, 0.05) is 5.56 Å². The molecule has 1 heterocycles. The van der Waals surface area contributed by atoms with E-state index in [1.807, 2.05) is 42.5 Å². The van der Waals surface area contributed by atoms with Gasteiger partial charge in [0.15, 0.2) is 6.61 Å². The number of allylic oxidation sites excluding steroid dienone is 2. The Labute approximate surface area is 166 Å². The Morgan fingerprint density at radius 3 is 2.48 bits per heavy atom. The van der Waals surface area contributed by atoms with Gasteiger partial charge < -0.3 is 9.84 Å². The maximum Gasteiger partial charge on any atom is 0.341 e. The predicted octanol–water partition coefficient (Wildman–Crippen LogP) is 2.44. The Morgan fingerprint density at radius 2 is 1.79 bits per heavy atom. The van der Waals surface area contributed by atoms with E-state index in [4.69, 9.17) is 9.84 Å². The fourth-order valence-electron chi connectivity index (χ4n) is 4.79. The molecule has 2 aliphatic carbocycles. The Hall–Kier alpha value is -3.48. The summed E-state index contributed by atoms with van der Waals surface area (Å²) in [5.41, 5.74) is 0.531. The van der Waals surface area contributed by atoms with Crippen molar-refractivity contribution in [3.05, 3.63) is 54.1 Å². The van der Waals surface area contributed by atoms with Crippen molar-refractivity contribution >= 4 is 34.8 Å². The maximum absolute atomic E-state index is 12.8. The molecule has 0 radical (unpaired) electrons. The number of carbonyl (C=O) groups excluding carboxylic acids is 2. The number of carboxylic acids is 1. The highest BCUT2D eigenvalue weighted by Crippen LogP contribution is 2.52. The van der Waals surface area contributed by atoms with Crippen LogP contribution >= 0.6 is 0 Å². The molecule has 0 aromatic heterocycles. The van der Waals surface area contributed by atoms with Crippen molar-refractivity contribution in [2.75, 3.05) is 6.61 Å². The van der Waals surface area contributed by atoms with Gasteiger partial charge in [-0.2, -0.15) is 10.1 Å². The number of ether oxygens (including phenoxy) is 1. The van der Waals surface area contributed by atoms with Gasteiger partial charge in [0.25, 0.3) is 11.8 Å². The number of nitrogens with zero attached hydrogens (tertiary/aromatic N) is 2. The summed E-state index contributed by atoms with van der Waals surface area (Å²) in [5, 5.41) is 15.8. The lowest BCUT2D eigenvalue weighted by Crippen LogP contribution is -2.28. The lowest BCUT2D eigenvalue weighted by Gasteiger charge is -2.13. The summed E-state index contributed by atoms with van der Waals surface area (Å²) >= 11 is 0. The molecule has 2 aromatic carbocycles. The fourth-order valence-corrected chi connectivity index (χ4v) is 4.79.